The van der Waals surface area contributed by atoms with E-state index in [1.54, 1.807) is 6.20 Å². The first-order valence-corrected chi connectivity index (χ1v) is 10.3. The molecule has 0 unspecified atom stereocenters. The summed E-state index contributed by atoms with van der Waals surface area (Å²) in [5.74, 6) is 0.433. The minimum absolute atomic E-state index is 0. The number of aryl methyl sites for hydroxylation is 1. The van der Waals surface area contributed by atoms with Crippen molar-refractivity contribution in [1.82, 2.24) is 14.9 Å². The number of aliphatic hydroxyl groups is 1. The monoisotopic (exact) mass is 448 g/mol. The van der Waals surface area contributed by atoms with Crippen LogP contribution in [0, 0.1) is 0 Å². The molecule has 0 atom stereocenters. The number of carbonyl (C=O) groups is 1. The zero-order valence-corrected chi connectivity index (χ0v) is 18.4. The number of pyridine rings is 1. The lowest BCUT2D eigenvalue weighted by Gasteiger charge is -2.32. The largest absolute Gasteiger partial charge is 0.388 e. The first-order valence-electron chi connectivity index (χ1n) is 9.92. The third-order valence-electron chi connectivity index (χ3n) is 5.60. The van der Waals surface area contributed by atoms with Gasteiger partial charge < -0.3 is 20.3 Å². The van der Waals surface area contributed by atoms with Gasteiger partial charge >= 0.3 is 0 Å². The summed E-state index contributed by atoms with van der Waals surface area (Å²) in [4.78, 5) is 17.4. The normalized spacial score (nSPS) is 15.4. The van der Waals surface area contributed by atoms with Crippen molar-refractivity contribution >= 4 is 52.3 Å². The zero-order chi connectivity index (χ0) is 20.4. The van der Waals surface area contributed by atoms with Crippen LogP contribution in [0.4, 0.5) is 11.5 Å². The highest BCUT2D eigenvalue weighted by Gasteiger charge is 2.30. The van der Waals surface area contributed by atoms with Gasteiger partial charge in [-0.15, -0.1) is 12.4 Å². The molecule has 2 aromatic heterocycles. The average Bonchev–Trinajstić information content (AvgIpc) is 3.09. The SMILES string of the molecule is Cl.Cn1ccc2c(Nc3cccc(Cl)c3)ncc(C(=O)NCC3(O)CCCCC3)c21. The molecule has 2 heterocycles. The van der Waals surface area contributed by atoms with Crippen LogP contribution in [0.3, 0.4) is 0 Å². The Hall–Kier alpha value is -2.28. The fourth-order valence-electron chi connectivity index (χ4n) is 4.01. The van der Waals surface area contributed by atoms with Gasteiger partial charge in [0.1, 0.15) is 5.82 Å². The van der Waals surface area contributed by atoms with Gasteiger partial charge in [-0.05, 0) is 37.1 Å². The summed E-state index contributed by atoms with van der Waals surface area (Å²) in [6.45, 7) is 0.264. The standard InChI is InChI=1S/C22H25ClN4O2.ClH/c1-27-11-8-17-19(27)18(21(28)25-14-22(29)9-3-2-4-10-22)13-24-20(17)26-16-7-5-6-15(23)12-16;/h5-8,11-13,29H,2-4,9-10,14H2,1H3,(H,24,26)(H,25,28);1H. The summed E-state index contributed by atoms with van der Waals surface area (Å²) >= 11 is 6.07. The van der Waals surface area contributed by atoms with Crippen molar-refractivity contribution in [1.29, 1.82) is 0 Å². The van der Waals surface area contributed by atoms with Gasteiger partial charge in [-0.25, -0.2) is 4.98 Å². The number of fused-ring (bicyclic) bond motifs is 1. The van der Waals surface area contributed by atoms with E-state index >= 15 is 0 Å². The summed E-state index contributed by atoms with van der Waals surface area (Å²) < 4.78 is 1.91. The Morgan fingerprint density at radius 1 is 1.27 bits per heavy atom. The Bertz CT molecular complexity index is 1040. The van der Waals surface area contributed by atoms with Crippen LogP contribution in [0.5, 0.6) is 0 Å². The zero-order valence-electron chi connectivity index (χ0n) is 16.8. The second kappa shape index (κ2) is 9.25. The Labute approximate surface area is 187 Å². The maximum atomic E-state index is 12.9. The minimum Gasteiger partial charge on any atom is -0.388 e. The second-order valence-corrected chi connectivity index (χ2v) is 8.25. The summed E-state index contributed by atoms with van der Waals surface area (Å²) in [5.41, 5.74) is 1.30. The number of nitrogens with zero attached hydrogens (tertiary/aromatic N) is 2. The van der Waals surface area contributed by atoms with Crippen LogP contribution in [0.1, 0.15) is 42.5 Å². The number of amides is 1. The van der Waals surface area contributed by atoms with E-state index in [1.807, 2.05) is 48.1 Å². The molecule has 160 valence electrons. The number of halogens is 2. The predicted molar refractivity (Wildman–Crippen MR) is 123 cm³/mol. The van der Waals surface area contributed by atoms with E-state index in [0.29, 0.717) is 16.4 Å². The molecule has 0 radical (unpaired) electrons. The number of nitrogens with one attached hydrogen (secondary N) is 2. The first-order chi connectivity index (χ1) is 14.0. The van der Waals surface area contributed by atoms with Crippen molar-refractivity contribution in [3.8, 4) is 0 Å². The van der Waals surface area contributed by atoms with E-state index in [1.165, 1.54) is 0 Å². The number of rotatable bonds is 5. The molecule has 1 aliphatic rings. The van der Waals surface area contributed by atoms with E-state index in [9.17, 15) is 9.90 Å². The molecule has 30 heavy (non-hydrogen) atoms. The molecule has 0 saturated heterocycles. The lowest BCUT2D eigenvalue weighted by Crippen LogP contribution is -2.44. The van der Waals surface area contributed by atoms with Gasteiger partial charge in [0, 0.05) is 42.1 Å². The minimum atomic E-state index is -0.803. The number of carbonyl (C=O) groups excluding carboxylic acids is 1. The van der Waals surface area contributed by atoms with E-state index in [2.05, 4.69) is 15.6 Å². The maximum absolute atomic E-state index is 12.9. The van der Waals surface area contributed by atoms with Crippen LogP contribution in [0.25, 0.3) is 10.9 Å². The lowest BCUT2D eigenvalue weighted by atomic mass is 9.85. The topological polar surface area (TPSA) is 79.2 Å². The van der Waals surface area contributed by atoms with Crippen LogP contribution in [0.15, 0.2) is 42.7 Å². The number of hydrogen-bond donors (Lipinski definition) is 3. The summed E-state index contributed by atoms with van der Waals surface area (Å²) in [6, 6.07) is 9.34. The first kappa shape index (κ1) is 22.4. The van der Waals surface area contributed by atoms with E-state index in [-0.39, 0.29) is 24.9 Å². The second-order valence-electron chi connectivity index (χ2n) is 7.81. The highest BCUT2D eigenvalue weighted by Crippen LogP contribution is 2.30. The van der Waals surface area contributed by atoms with E-state index < -0.39 is 5.60 Å². The van der Waals surface area contributed by atoms with Crippen molar-refractivity contribution in [2.75, 3.05) is 11.9 Å². The van der Waals surface area contributed by atoms with Gasteiger partial charge in [0.05, 0.1) is 16.7 Å². The predicted octanol–water partition coefficient (Wildman–Crippen LogP) is 4.82. The van der Waals surface area contributed by atoms with E-state index in [0.717, 1.165) is 48.7 Å². The van der Waals surface area contributed by atoms with Gasteiger partial charge in [0.15, 0.2) is 0 Å². The molecule has 6 nitrogen and oxygen atoms in total. The van der Waals surface area contributed by atoms with Gasteiger partial charge in [-0.3, -0.25) is 4.79 Å². The van der Waals surface area contributed by atoms with Crippen molar-refractivity contribution in [2.45, 2.75) is 37.7 Å². The average molecular weight is 449 g/mol. The quantitative estimate of drug-likeness (QED) is 0.522. The number of aromatic nitrogens is 2. The number of benzene rings is 1. The van der Waals surface area contributed by atoms with Crippen LogP contribution >= 0.6 is 24.0 Å². The van der Waals surface area contributed by atoms with Crippen molar-refractivity contribution < 1.29 is 9.90 Å². The molecule has 3 aromatic rings. The fourth-order valence-corrected chi connectivity index (χ4v) is 4.20. The highest BCUT2D eigenvalue weighted by molar-refractivity contribution is 6.30. The number of anilines is 2. The summed E-state index contributed by atoms with van der Waals surface area (Å²) in [6.07, 6.45) is 8.09. The van der Waals surface area contributed by atoms with Crippen molar-refractivity contribution in [3.63, 3.8) is 0 Å². The van der Waals surface area contributed by atoms with Gasteiger partial charge in [-0.2, -0.15) is 0 Å². The molecule has 8 heteroatoms. The Morgan fingerprint density at radius 2 is 2.03 bits per heavy atom. The fraction of sp³-hybridized carbons (Fsp3) is 0.364. The summed E-state index contributed by atoms with van der Waals surface area (Å²) in [7, 11) is 1.90. The van der Waals surface area contributed by atoms with Gasteiger partial charge in [-0.1, -0.05) is 36.9 Å². The Morgan fingerprint density at radius 3 is 2.77 bits per heavy atom. The maximum Gasteiger partial charge on any atom is 0.255 e. The molecule has 1 fully saturated rings. The molecule has 1 aromatic carbocycles. The van der Waals surface area contributed by atoms with E-state index in [4.69, 9.17) is 11.6 Å². The Balaban J connectivity index is 0.00000256. The van der Waals surface area contributed by atoms with Crippen LogP contribution in [0.2, 0.25) is 5.02 Å². The molecular formula is C22H26Cl2N4O2. The lowest BCUT2D eigenvalue weighted by molar-refractivity contribution is 0.00526. The van der Waals surface area contributed by atoms with Crippen LogP contribution in [-0.2, 0) is 7.05 Å². The molecule has 4 rings (SSSR count). The highest BCUT2D eigenvalue weighted by atomic mass is 35.5. The molecule has 0 spiro atoms. The third-order valence-corrected chi connectivity index (χ3v) is 5.83. The molecule has 3 N–H and O–H groups in total. The molecule has 1 amide bonds. The molecule has 0 bridgehead atoms. The van der Waals surface area contributed by atoms with Gasteiger partial charge in [0.25, 0.3) is 5.91 Å². The molecule has 1 aliphatic carbocycles. The van der Waals surface area contributed by atoms with Crippen molar-refractivity contribution in [2.24, 2.45) is 7.05 Å². The molecule has 0 aliphatic heterocycles. The Kier molecular flexibility index (Phi) is 6.91. The van der Waals surface area contributed by atoms with Crippen molar-refractivity contribution in [3.05, 3.63) is 53.3 Å². The third kappa shape index (κ3) is 4.72. The smallest absolute Gasteiger partial charge is 0.255 e. The molecule has 1 saturated carbocycles. The summed E-state index contributed by atoms with van der Waals surface area (Å²) in [5, 5.41) is 18.3. The van der Waals surface area contributed by atoms with Crippen LogP contribution in [-0.4, -0.2) is 32.7 Å². The van der Waals surface area contributed by atoms with Gasteiger partial charge in [0.2, 0.25) is 0 Å². The number of hydrogen-bond acceptors (Lipinski definition) is 4. The van der Waals surface area contributed by atoms with Crippen LogP contribution < -0.4 is 10.6 Å². The molecular weight excluding hydrogens is 423 g/mol.